The minimum atomic E-state index is -0.0553. The second kappa shape index (κ2) is 8.28. The summed E-state index contributed by atoms with van der Waals surface area (Å²) < 4.78 is 10.6. The zero-order valence-electron chi connectivity index (χ0n) is 9.76. The number of aliphatic hydroxyl groups excluding tert-OH is 1. The van der Waals surface area contributed by atoms with Gasteiger partial charge in [0.05, 0.1) is 19.3 Å². The molecule has 0 bridgehead atoms. The van der Waals surface area contributed by atoms with Gasteiger partial charge in [0.2, 0.25) is 0 Å². The highest BCUT2D eigenvalue weighted by atomic mass is 16.5. The third-order valence-electron chi connectivity index (χ3n) is 2.46. The molecule has 1 rings (SSSR count). The Kier molecular flexibility index (Phi) is 6.81. The Balaban J connectivity index is 2.04. The summed E-state index contributed by atoms with van der Waals surface area (Å²) in [6, 6.07) is 10.1. The first-order valence-corrected chi connectivity index (χ1v) is 5.62. The second-order valence-electron chi connectivity index (χ2n) is 3.72. The molecule has 90 valence electrons. The number of hydrogen-bond donors (Lipinski definition) is 1. The fourth-order valence-corrected chi connectivity index (χ4v) is 1.46. The van der Waals surface area contributed by atoms with E-state index in [2.05, 4.69) is 0 Å². The smallest absolute Gasteiger partial charge is 0.0802 e. The molecule has 0 heterocycles. The SMILES string of the molecule is CO[C@H](CO)CCCOCc1ccccc1. The molecule has 3 nitrogen and oxygen atoms in total. The van der Waals surface area contributed by atoms with Gasteiger partial charge >= 0.3 is 0 Å². The monoisotopic (exact) mass is 224 g/mol. The molecule has 1 aromatic carbocycles. The van der Waals surface area contributed by atoms with Crippen molar-refractivity contribution < 1.29 is 14.6 Å². The van der Waals surface area contributed by atoms with Gasteiger partial charge in [-0.25, -0.2) is 0 Å². The molecule has 1 N–H and O–H groups in total. The molecule has 16 heavy (non-hydrogen) atoms. The van der Waals surface area contributed by atoms with Crippen LogP contribution in [-0.2, 0) is 16.1 Å². The average Bonchev–Trinajstić information content (AvgIpc) is 2.35. The van der Waals surface area contributed by atoms with Crippen LogP contribution in [0.1, 0.15) is 18.4 Å². The number of hydrogen-bond acceptors (Lipinski definition) is 3. The Hall–Kier alpha value is -0.900. The topological polar surface area (TPSA) is 38.7 Å². The van der Waals surface area contributed by atoms with Crippen molar-refractivity contribution in [3.05, 3.63) is 35.9 Å². The third kappa shape index (κ3) is 5.26. The fraction of sp³-hybridized carbons (Fsp3) is 0.538. The highest BCUT2D eigenvalue weighted by Gasteiger charge is 2.04. The van der Waals surface area contributed by atoms with Gasteiger partial charge in [-0.3, -0.25) is 0 Å². The van der Waals surface area contributed by atoms with Crippen LogP contribution in [0.15, 0.2) is 30.3 Å². The van der Waals surface area contributed by atoms with E-state index >= 15 is 0 Å². The summed E-state index contributed by atoms with van der Waals surface area (Å²) in [5, 5.41) is 8.89. The number of methoxy groups -OCH3 is 1. The summed E-state index contributed by atoms with van der Waals surface area (Å²) in [5.41, 5.74) is 1.19. The first-order chi connectivity index (χ1) is 7.86. The normalized spacial score (nSPS) is 12.6. The molecule has 0 radical (unpaired) electrons. The Morgan fingerprint density at radius 1 is 1.25 bits per heavy atom. The summed E-state index contributed by atoms with van der Waals surface area (Å²) in [4.78, 5) is 0. The summed E-state index contributed by atoms with van der Waals surface area (Å²) in [7, 11) is 1.62. The van der Waals surface area contributed by atoms with E-state index in [0.717, 1.165) is 12.8 Å². The van der Waals surface area contributed by atoms with E-state index in [4.69, 9.17) is 14.6 Å². The largest absolute Gasteiger partial charge is 0.394 e. The summed E-state index contributed by atoms with van der Waals surface area (Å²) >= 11 is 0. The molecule has 0 aliphatic rings. The van der Waals surface area contributed by atoms with Crippen LogP contribution in [0.3, 0.4) is 0 Å². The highest BCUT2D eigenvalue weighted by Crippen LogP contribution is 2.04. The van der Waals surface area contributed by atoms with Crippen molar-refractivity contribution in [3.8, 4) is 0 Å². The van der Waals surface area contributed by atoms with Crippen molar-refractivity contribution in [1.82, 2.24) is 0 Å². The van der Waals surface area contributed by atoms with Crippen molar-refractivity contribution in [2.45, 2.75) is 25.6 Å². The van der Waals surface area contributed by atoms with E-state index in [1.165, 1.54) is 5.56 Å². The molecule has 1 atom stereocenters. The predicted molar refractivity (Wildman–Crippen MR) is 63.2 cm³/mol. The van der Waals surface area contributed by atoms with Gasteiger partial charge in [-0.15, -0.1) is 0 Å². The Labute approximate surface area is 97.0 Å². The second-order valence-corrected chi connectivity index (χ2v) is 3.72. The van der Waals surface area contributed by atoms with Crippen LogP contribution >= 0.6 is 0 Å². The maximum atomic E-state index is 8.89. The molecule has 0 unspecified atom stereocenters. The summed E-state index contributed by atoms with van der Waals surface area (Å²) in [6.45, 7) is 1.43. The standard InChI is InChI=1S/C13H20O3/c1-15-13(10-14)8-5-9-16-11-12-6-3-2-4-7-12/h2-4,6-7,13-14H,5,8-11H2,1H3/t13-/m0/s1. The van der Waals surface area contributed by atoms with Crippen molar-refractivity contribution in [3.63, 3.8) is 0 Å². The number of rotatable bonds is 8. The molecule has 0 saturated carbocycles. The molecule has 3 heteroatoms. The van der Waals surface area contributed by atoms with Gasteiger partial charge < -0.3 is 14.6 Å². The lowest BCUT2D eigenvalue weighted by Gasteiger charge is -2.11. The lowest BCUT2D eigenvalue weighted by atomic mass is 10.2. The van der Waals surface area contributed by atoms with Crippen LogP contribution in [0.2, 0.25) is 0 Å². The van der Waals surface area contributed by atoms with E-state index in [0.29, 0.717) is 13.2 Å². The van der Waals surface area contributed by atoms with E-state index in [9.17, 15) is 0 Å². The minimum Gasteiger partial charge on any atom is -0.394 e. The maximum Gasteiger partial charge on any atom is 0.0802 e. The molecule has 0 amide bonds. The van der Waals surface area contributed by atoms with Crippen molar-refractivity contribution in [2.75, 3.05) is 20.3 Å². The van der Waals surface area contributed by atoms with E-state index in [-0.39, 0.29) is 12.7 Å². The molecule has 0 aromatic heterocycles. The van der Waals surface area contributed by atoms with Crippen molar-refractivity contribution >= 4 is 0 Å². The molecular formula is C13H20O3. The van der Waals surface area contributed by atoms with Gasteiger partial charge in [0, 0.05) is 13.7 Å². The zero-order chi connectivity index (χ0) is 11.6. The van der Waals surface area contributed by atoms with Gasteiger partial charge in [0.25, 0.3) is 0 Å². The molecular weight excluding hydrogens is 204 g/mol. The lowest BCUT2D eigenvalue weighted by Crippen LogP contribution is -2.16. The first-order valence-electron chi connectivity index (χ1n) is 5.62. The van der Waals surface area contributed by atoms with Crippen molar-refractivity contribution in [2.24, 2.45) is 0 Å². The number of ether oxygens (including phenoxy) is 2. The van der Waals surface area contributed by atoms with Gasteiger partial charge in [-0.2, -0.15) is 0 Å². The van der Waals surface area contributed by atoms with Crippen LogP contribution < -0.4 is 0 Å². The molecule has 0 aliphatic heterocycles. The third-order valence-corrected chi connectivity index (χ3v) is 2.46. The minimum absolute atomic E-state index is 0.0553. The van der Waals surface area contributed by atoms with Crippen molar-refractivity contribution in [1.29, 1.82) is 0 Å². The van der Waals surface area contributed by atoms with E-state index < -0.39 is 0 Å². The van der Waals surface area contributed by atoms with E-state index in [1.54, 1.807) is 7.11 Å². The van der Waals surface area contributed by atoms with Crippen LogP contribution in [0.25, 0.3) is 0 Å². The summed E-state index contributed by atoms with van der Waals surface area (Å²) in [6.07, 6.45) is 1.69. The number of aliphatic hydroxyl groups is 1. The average molecular weight is 224 g/mol. The number of benzene rings is 1. The van der Waals surface area contributed by atoms with Crippen LogP contribution in [0, 0.1) is 0 Å². The molecule has 0 fully saturated rings. The highest BCUT2D eigenvalue weighted by molar-refractivity contribution is 5.13. The quantitative estimate of drug-likeness (QED) is 0.686. The van der Waals surface area contributed by atoms with Crippen LogP contribution in [0.4, 0.5) is 0 Å². The molecule has 0 spiro atoms. The zero-order valence-corrected chi connectivity index (χ0v) is 9.76. The lowest BCUT2D eigenvalue weighted by molar-refractivity contribution is 0.0322. The summed E-state index contributed by atoms with van der Waals surface area (Å²) in [5.74, 6) is 0. The van der Waals surface area contributed by atoms with Gasteiger partial charge in [0.1, 0.15) is 0 Å². The Morgan fingerprint density at radius 2 is 2.00 bits per heavy atom. The Morgan fingerprint density at radius 3 is 2.62 bits per heavy atom. The van der Waals surface area contributed by atoms with Crippen LogP contribution in [0.5, 0.6) is 0 Å². The maximum absolute atomic E-state index is 8.89. The van der Waals surface area contributed by atoms with E-state index in [1.807, 2.05) is 30.3 Å². The van der Waals surface area contributed by atoms with Gasteiger partial charge in [0.15, 0.2) is 0 Å². The van der Waals surface area contributed by atoms with Gasteiger partial charge in [-0.05, 0) is 18.4 Å². The molecule has 0 aliphatic carbocycles. The predicted octanol–water partition coefficient (Wildman–Crippen LogP) is 1.99. The van der Waals surface area contributed by atoms with Gasteiger partial charge in [-0.1, -0.05) is 30.3 Å². The first kappa shape index (κ1) is 13.2. The fourth-order valence-electron chi connectivity index (χ4n) is 1.46. The molecule has 0 saturated heterocycles. The van der Waals surface area contributed by atoms with Crippen LogP contribution in [-0.4, -0.2) is 31.5 Å². The molecule has 1 aromatic rings. The Bertz CT molecular complexity index is 257.